The highest BCUT2D eigenvalue weighted by molar-refractivity contribution is 9.10. The van der Waals surface area contributed by atoms with Crippen LogP contribution in [0.15, 0.2) is 65.1 Å². The van der Waals surface area contributed by atoms with Gasteiger partial charge in [0.15, 0.2) is 11.5 Å². The Morgan fingerprint density at radius 1 is 1.09 bits per heavy atom. The van der Waals surface area contributed by atoms with Gasteiger partial charge in [0.05, 0.1) is 40.8 Å². The summed E-state index contributed by atoms with van der Waals surface area (Å²) in [5.41, 5.74) is 2.92. The van der Waals surface area contributed by atoms with Gasteiger partial charge in [-0.1, -0.05) is 42.5 Å². The minimum Gasteiger partial charge on any atom is -0.545 e. The highest BCUT2D eigenvalue weighted by atomic mass is 79.9. The van der Waals surface area contributed by atoms with Crippen LogP contribution in [-0.4, -0.2) is 13.1 Å². The molecule has 0 spiro atoms. The van der Waals surface area contributed by atoms with E-state index in [9.17, 15) is 20.4 Å². The number of nitriles is 2. The fourth-order valence-electron chi connectivity index (χ4n) is 3.00. The molecule has 0 aromatic heterocycles. The van der Waals surface area contributed by atoms with E-state index in [1.54, 1.807) is 42.5 Å². The lowest BCUT2D eigenvalue weighted by atomic mass is 10.0. The van der Waals surface area contributed by atoms with Crippen LogP contribution in [0.1, 0.15) is 32.6 Å². The largest absolute Gasteiger partial charge is 0.545 e. The zero-order chi connectivity index (χ0) is 23.1. The van der Waals surface area contributed by atoms with Crippen molar-refractivity contribution in [2.45, 2.75) is 6.61 Å². The lowest BCUT2D eigenvalue weighted by Crippen LogP contribution is -2.21. The van der Waals surface area contributed by atoms with Gasteiger partial charge in [-0.05, 0) is 56.9 Å². The molecule has 0 atom stereocenters. The number of carboxylic acid groups (broad SMARTS) is 1. The summed E-state index contributed by atoms with van der Waals surface area (Å²) in [5, 5.41) is 29.8. The molecule has 3 aromatic rings. The predicted molar refractivity (Wildman–Crippen MR) is 120 cm³/mol. The van der Waals surface area contributed by atoms with Crippen molar-refractivity contribution in [3.8, 4) is 23.6 Å². The highest BCUT2D eigenvalue weighted by Gasteiger charge is 2.13. The number of aromatic carboxylic acids is 1. The molecule has 0 amide bonds. The van der Waals surface area contributed by atoms with E-state index < -0.39 is 5.97 Å². The molecule has 7 heteroatoms. The molecule has 0 aliphatic carbocycles. The fraction of sp³-hybridized carbons (Fsp3) is 0.0800. The topological polar surface area (TPSA) is 106 Å². The standard InChI is InChI=1S/C25H17BrN2O4/c1-31-23-12-16(10-21(14-28)17-6-8-18(9-7-17)25(29)30)11-22(26)24(23)32-15-20-5-3-2-4-19(20)13-27/h2-12H,15H2,1H3,(H,29,30)/p-1/b21-10+. The molecule has 0 saturated carbocycles. The first-order valence-corrected chi connectivity index (χ1v) is 10.2. The first-order valence-electron chi connectivity index (χ1n) is 9.38. The van der Waals surface area contributed by atoms with Gasteiger partial charge in [0.25, 0.3) is 0 Å². The lowest BCUT2D eigenvalue weighted by molar-refractivity contribution is -0.255. The minimum atomic E-state index is -1.28. The molecule has 0 heterocycles. The molecular formula is C25H16BrN2O4-. The van der Waals surface area contributed by atoms with Crippen LogP contribution in [0, 0.1) is 22.7 Å². The number of methoxy groups -OCH3 is 1. The number of carbonyl (C=O) groups is 1. The van der Waals surface area contributed by atoms with Crippen LogP contribution in [0.5, 0.6) is 11.5 Å². The third kappa shape index (κ3) is 5.15. The molecule has 0 unspecified atom stereocenters. The Balaban J connectivity index is 1.90. The Labute approximate surface area is 193 Å². The highest BCUT2D eigenvalue weighted by Crippen LogP contribution is 2.38. The van der Waals surface area contributed by atoms with Gasteiger partial charge in [-0.3, -0.25) is 0 Å². The third-order valence-electron chi connectivity index (χ3n) is 4.62. The van der Waals surface area contributed by atoms with Crippen LogP contribution in [0.4, 0.5) is 0 Å². The molecule has 0 bridgehead atoms. The van der Waals surface area contributed by atoms with Crippen LogP contribution in [-0.2, 0) is 6.61 Å². The number of nitrogens with zero attached hydrogens (tertiary/aromatic N) is 2. The van der Waals surface area contributed by atoms with Crippen molar-refractivity contribution in [1.29, 1.82) is 10.5 Å². The summed E-state index contributed by atoms with van der Waals surface area (Å²) < 4.78 is 12.0. The smallest absolute Gasteiger partial charge is 0.175 e. The van der Waals surface area contributed by atoms with E-state index in [1.165, 1.54) is 19.2 Å². The predicted octanol–water partition coefficient (Wildman–Crippen LogP) is 4.34. The van der Waals surface area contributed by atoms with E-state index in [1.807, 2.05) is 12.1 Å². The number of carboxylic acids is 1. The van der Waals surface area contributed by atoms with Crippen LogP contribution >= 0.6 is 15.9 Å². The quantitative estimate of drug-likeness (QED) is 0.362. The summed E-state index contributed by atoms with van der Waals surface area (Å²) in [6.45, 7) is 0.183. The number of allylic oxidation sites excluding steroid dienone is 1. The van der Waals surface area contributed by atoms with Crippen molar-refractivity contribution in [2.24, 2.45) is 0 Å². The zero-order valence-electron chi connectivity index (χ0n) is 17.0. The molecule has 32 heavy (non-hydrogen) atoms. The van der Waals surface area contributed by atoms with Gasteiger partial charge in [0.1, 0.15) is 6.61 Å². The first kappa shape index (κ1) is 22.6. The zero-order valence-corrected chi connectivity index (χ0v) is 18.5. The molecule has 0 fully saturated rings. The Morgan fingerprint density at radius 3 is 2.41 bits per heavy atom. The second-order valence-corrected chi connectivity index (χ2v) is 7.48. The summed E-state index contributed by atoms with van der Waals surface area (Å²) >= 11 is 3.49. The maximum Gasteiger partial charge on any atom is 0.175 e. The van der Waals surface area contributed by atoms with Gasteiger partial charge in [-0.25, -0.2) is 0 Å². The average Bonchev–Trinajstić information content (AvgIpc) is 2.81. The maximum absolute atomic E-state index is 10.9. The monoisotopic (exact) mass is 487 g/mol. The first-order chi connectivity index (χ1) is 15.5. The van der Waals surface area contributed by atoms with Crippen LogP contribution in [0.25, 0.3) is 11.6 Å². The Morgan fingerprint density at radius 2 is 1.78 bits per heavy atom. The number of carbonyl (C=O) groups excluding carboxylic acids is 1. The van der Waals surface area contributed by atoms with E-state index in [0.29, 0.717) is 38.2 Å². The van der Waals surface area contributed by atoms with Gasteiger partial charge in [-0.2, -0.15) is 10.5 Å². The van der Waals surface area contributed by atoms with Crippen molar-refractivity contribution < 1.29 is 19.4 Å². The van der Waals surface area contributed by atoms with Crippen LogP contribution in [0.3, 0.4) is 0 Å². The van der Waals surface area contributed by atoms with Crippen molar-refractivity contribution in [2.75, 3.05) is 7.11 Å². The van der Waals surface area contributed by atoms with Crippen molar-refractivity contribution in [3.63, 3.8) is 0 Å². The minimum absolute atomic E-state index is 0.0370. The summed E-state index contributed by atoms with van der Waals surface area (Å²) in [4.78, 5) is 10.9. The number of ether oxygens (including phenoxy) is 2. The molecule has 158 valence electrons. The van der Waals surface area contributed by atoms with E-state index in [2.05, 4.69) is 28.1 Å². The Hall–Kier alpha value is -4.07. The molecule has 6 nitrogen and oxygen atoms in total. The van der Waals surface area contributed by atoms with E-state index >= 15 is 0 Å². The molecule has 3 rings (SSSR count). The molecular weight excluding hydrogens is 472 g/mol. The number of rotatable bonds is 7. The second-order valence-electron chi connectivity index (χ2n) is 6.63. The molecule has 0 radical (unpaired) electrons. The average molecular weight is 488 g/mol. The number of hydrogen-bond donors (Lipinski definition) is 0. The van der Waals surface area contributed by atoms with Crippen LogP contribution in [0.2, 0.25) is 0 Å². The SMILES string of the molecule is COc1cc(/C=C(\C#N)c2ccc(C(=O)[O-])cc2)cc(Br)c1OCc1ccccc1C#N. The van der Waals surface area contributed by atoms with Crippen LogP contribution < -0.4 is 14.6 Å². The molecule has 0 aliphatic heterocycles. The lowest BCUT2D eigenvalue weighted by Gasteiger charge is -2.14. The maximum atomic E-state index is 10.9. The summed E-state index contributed by atoms with van der Waals surface area (Å²) in [7, 11) is 1.51. The second kappa shape index (κ2) is 10.3. The van der Waals surface area contributed by atoms with E-state index in [0.717, 1.165) is 5.56 Å². The number of hydrogen-bond acceptors (Lipinski definition) is 6. The Bertz CT molecular complexity index is 1270. The van der Waals surface area contributed by atoms with Gasteiger partial charge in [0, 0.05) is 5.56 Å². The molecule has 0 aliphatic rings. The molecule has 0 saturated heterocycles. The van der Waals surface area contributed by atoms with Gasteiger partial charge >= 0.3 is 0 Å². The van der Waals surface area contributed by atoms with E-state index in [-0.39, 0.29) is 12.2 Å². The van der Waals surface area contributed by atoms with Crippen molar-refractivity contribution in [1.82, 2.24) is 0 Å². The fourth-order valence-corrected chi connectivity index (χ4v) is 3.58. The van der Waals surface area contributed by atoms with Crippen molar-refractivity contribution >= 4 is 33.5 Å². The number of halogens is 1. The third-order valence-corrected chi connectivity index (χ3v) is 5.21. The van der Waals surface area contributed by atoms with Gasteiger partial charge < -0.3 is 19.4 Å². The van der Waals surface area contributed by atoms with Gasteiger partial charge in [0.2, 0.25) is 0 Å². The summed E-state index contributed by atoms with van der Waals surface area (Å²) in [6.07, 6.45) is 1.66. The Kier molecular flexibility index (Phi) is 7.28. The van der Waals surface area contributed by atoms with E-state index in [4.69, 9.17) is 9.47 Å². The molecule has 3 aromatic carbocycles. The van der Waals surface area contributed by atoms with Crippen molar-refractivity contribution in [3.05, 3.63) is 93.0 Å². The summed E-state index contributed by atoms with van der Waals surface area (Å²) in [6, 6.07) is 20.8. The van der Waals surface area contributed by atoms with Gasteiger partial charge in [-0.15, -0.1) is 0 Å². The normalized spacial score (nSPS) is 10.7. The molecule has 0 N–H and O–H groups in total. The number of benzene rings is 3. The summed E-state index contributed by atoms with van der Waals surface area (Å²) in [5.74, 6) is -0.362.